The molecule has 5 aromatic rings. The normalized spacial score (nSPS) is 16.9. The summed E-state index contributed by atoms with van der Waals surface area (Å²) < 4.78 is 18.2. The van der Waals surface area contributed by atoms with Crippen LogP contribution in [0.4, 0.5) is 0 Å². The van der Waals surface area contributed by atoms with Gasteiger partial charge in [0.25, 0.3) is 0 Å². The summed E-state index contributed by atoms with van der Waals surface area (Å²) in [4.78, 5) is 0. The van der Waals surface area contributed by atoms with Crippen molar-refractivity contribution in [3.05, 3.63) is 131 Å². The van der Waals surface area contributed by atoms with E-state index in [0.29, 0.717) is 18.8 Å². The van der Waals surface area contributed by atoms with Gasteiger partial charge in [-0.1, -0.05) is 85.8 Å². The molecule has 2 N–H and O–H groups in total. The quantitative estimate of drug-likeness (QED) is 0.206. The number of fused-ring (bicyclic) bond motifs is 4. The molecule has 0 aliphatic carbocycles. The van der Waals surface area contributed by atoms with Gasteiger partial charge < -0.3 is 24.4 Å². The molecule has 6 rings (SSSR count). The van der Waals surface area contributed by atoms with Crippen molar-refractivity contribution in [2.24, 2.45) is 0 Å². The van der Waals surface area contributed by atoms with Crippen molar-refractivity contribution in [1.29, 1.82) is 0 Å². The van der Waals surface area contributed by atoms with Crippen molar-refractivity contribution < 1.29 is 24.4 Å². The molecule has 1 atom stereocenters. The van der Waals surface area contributed by atoms with Crippen LogP contribution in [-0.2, 0) is 11.8 Å². The molecule has 5 aromatic carbocycles. The predicted octanol–water partition coefficient (Wildman–Crippen LogP) is 7.20. The van der Waals surface area contributed by atoms with Gasteiger partial charge in [0.1, 0.15) is 37.1 Å². The molecule has 5 heteroatoms. The van der Waals surface area contributed by atoms with Crippen molar-refractivity contribution in [2.75, 3.05) is 33.0 Å². The van der Waals surface area contributed by atoms with Gasteiger partial charge in [-0.25, -0.2) is 0 Å². The van der Waals surface area contributed by atoms with Crippen molar-refractivity contribution in [3.63, 3.8) is 0 Å². The first kappa shape index (κ1) is 28.5. The lowest BCUT2D eigenvalue weighted by molar-refractivity contribution is 0.201. The van der Waals surface area contributed by atoms with E-state index in [4.69, 9.17) is 14.2 Å². The van der Waals surface area contributed by atoms with Crippen LogP contribution < -0.4 is 14.2 Å². The Labute approximate surface area is 252 Å². The number of aliphatic hydroxyl groups excluding tert-OH is 2. The first-order valence-corrected chi connectivity index (χ1v) is 14.7. The third-order valence-electron chi connectivity index (χ3n) is 8.15. The van der Waals surface area contributed by atoms with E-state index in [2.05, 4.69) is 97.9 Å². The van der Waals surface area contributed by atoms with Gasteiger partial charge in [-0.05, 0) is 81.4 Å². The first-order valence-electron chi connectivity index (χ1n) is 14.7. The first-order chi connectivity index (χ1) is 21.1. The lowest BCUT2D eigenvalue weighted by atomic mass is 9.69. The van der Waals surface area contributed by atoms with Crippen LogP contribution in [0.15, 0.2) is 109 Å². The average Bonchev–Trinajstić information content (AvgIpc) is 3.05. The highest BCUT2D eigenvalue weighted by atomic mass is 16.5. The van der Waals surface area contributed by atoms with Crippen LogP contribution in [0.1, 0.15) is 29.2 Å². The second-order valence-electron chi connectivity index (χ2n) is 11.0. The van der Waals surface area contributed by atoms with Crippen LogP contribution in [0, 0.1) is 0 Å². The standard InChI is InChI=1S/C38H36O5/c1-38(32-14-9-29(10-15-32)27-6-3-2-4-7-27)26-31-24-33(41-22-19-39)16-11-28(31)8-5-21-43-36-18-13-30-12-17-34(42-23-20-40)25-35(30)37(36)38/h2-18,24-25,39-40H,19-23,26H2,1H3/b8-5-. The Kier molecular flexibility index (Phi) is 8.45. The molecule has 0 radical (unpaired) electrons. The fourth-order valence-corrected chi connectivity index (χ4v) is 6.06. The van der Waals surface area contributed by atoms with Crippen molar-refractivity contribution in [1.82, 2.24) is 0 Å². The van der Waals surface area contributed by atoms with Gasteiger partial charge in [-0.15, -0.1) is 0 Å². The van der Waals surface area contributed by atoms with E-state index in [1.807, 2.05) is 24.3 Å². The van der Waals surface area contributed by atoms with Gasteiger partial charge >= 0.3 is 0 Å². The number of rotatable bonds is 8. The molecule has 1 unspecified atom stereocenters. The zero-order valence-electron chi connectivity index (χ0n) is 24.3. The summed E-state index contributed by atoms with van der Waals surface area (Å²) >= 11 is 0. The molecule has 0 saturated heterocycles. The number of aliphatic hydroxyl groups is 2. The molecule has 1 heterocycles. The van der Waals surface area contributed by atoms with Crippen LogP contribution in [0.5, 0.6) is 17.2 Å². The van der Waals surface area contributed by atoms with Crippen LogP contribution in [0.25, 0.3) is 28.0 Å². The zero-order valence-corrected chi connectivity index (χ0v) is 24.3. The maximum atomic E-state index is 9.39. The Balaban J connectivity index is 1.57. The minimum Gasteiger partial charge on any atom is -0.491 e. The van der Waals surface area contributed by atoms with E-state index in [-0.39, 0.29) is 26.4 Å². The molecule has 1 aliphatic rings. The maximum absolute atomic E-state index is 9.39. The van der Waals surface area contributed by atoms with Gasteiger partial charge in [-0.3, -0.25) is 0 Å². The monoisotopic (exact) mass is 572 g/mol. The number of benzene rings is 5. The lowest BCUT2D eigenvalue weighted by Gasteiger charge is -2.35. The lowest BCUT2D eigenvalue weighted by Crippen LogP contribution is -2.29. The smallest absolute Gasteiger partial charge is 0.124 e. The largest absolute Gasteiger partial charge is 0.491 e. The van der Waals surface area contributed by atoms with Crippen molar-refractivity contribution >= 4 is 16.8 Å². The molecular formula is C38H36O5. The van der Waals surface area contributed by atoms with Crippen LogP contribution in [0.3, 0.4) is 0 Å². The topological polar surface area (TPSA) is 68.2 Å². The highest BCUT2D eigenvalue weighted by Gasteiger charge is 2.35. The highest BCUT2D eigenvalue weighted by Crippen LogP contribution is 2.46. The van der Waals surface area contributed by atoms with Crippen molar-refractivity contribution in [3.8, 4) is 28.4 Å². The summed E-state index contributed by atoms with van der Waals surface area (Å²) in [5, 5.41) is 20.9. The number of hydrogen-bond acceptors (Lipinski definition) is 5. The van der Waals surface area contributed by atoms with Crippen molar-refractivity contribution in [2.45, 2.75) is 18.8 Å². The summed E-state index contributed by atoms with van der Waals surface area (Å²) in [5.74, 6) is 2.25. The highest BCUT2D eigenvalue weighted by molar-refractivity contribution is 5.91. The van der Waals surface area contributed by atoms with Gasteiger partial charge in [0.05, 0.1) is 13.2 Å². The minimum atomic E-state index is -0.519. The summed E-state index contributed by atoms with van der Waals surface area (Å²) in [7, 11) is 0. The Morgan fingerprint density at radius 3 is 2.16 bits per heavy atom. The third-order valence-corrected chi connectivity index (χ3v) is 8.15. The molecule has 0 saturated carbocycles. The molecular weight excluding hydrogens is 536 g/mol. The second kappa shape index (κ2) is 12.7. The van der Waals surface area contributed by atoms with Crippen LogP contribution in [0.2, 0.25) is 0 Å². The molecule has 0 bridgehead atoms. The van der Waals surface area contributed by atoms with Crippen LogP contribution in [-0.4, -0.2) is 43.2 Å². The number of ether oxygens (including phenoxy) is 3. The zero-order chi connectivity index (χ0) is 29.6. The van der Waals surface area contributed by atoms with E-state index in [1.54, 1.807) is 0 Å². The minimum absolute atomic E-state index is 0.0418. The fraction of sp³-hybridized carbons (Fsp3) is 0.211. The fourth-order valence-electron chi connectivity index (χ4n) is 6.06. The summed E-state index contributed by atoms with van der Waals surface area (Å²) in [5.41, 5.74) is 6.28. The summed E-state index contributed by atoms with van der Waals surface area (Å²) in [6.07, 6.45) is 4.82. The predicted molar refractivity (Wildman–Crippen MR) is 172 cm³/mol. The maximum Gasteiger partial charge on any atom is 0.124 e. The Bertz CT molecular complexity index is 1730. The molecule has 1 aliphatic heterocycles. The Morgan fingerprint density at radius 2 is 1.42 bits per heavy atom. The molecule has 0 fully saturated rings. The second-order valence-corrected chi connectivity index (χ2v) is 11.0. The average molecular weight is 573 g/mol. The van der Waals surface area contributed by atoms with Gasteiger partial charge in [-0.2, -0.15) is 0 Å². The molecule has 5 nitrogen and oxygen atoms in total. The SMILES string of the molecule is CC1(c2ccc(-c3ccccc3)cc2)Cc2cc(OCCO)ccc2/C=C\COc2ccc3ccc(OCCO)cc3c21. The molecule has 0 amide bonds. The Morgan fingerprint density at radius 1 is 0.744 bits per heavy atom. The van der Waals surface area contributed by atoms with E-state index in [9.17, 15) is 10.2 Å². The van der Waals surface area contributed by atoms with E-state index in [0.717, 1.165) is 50.1 Å². The van der Waals surface area contributed by atoms with E-state index in [1.165, 1.54) is 5.56 Å². The van der Waals surface area contributed by atoms with Gasteiger partial charge in [0, 0.05) is 11.0 Å². The van der Waals surface area contributed by atoms with Gasteiger partial charge in [0.15, 0.2) is 0 Å². The van der Waals surface area contributed by atoms with E-state index < -0.39 is 5.41 Å². The molecule has 218 valence electrons. The molecule has 43 heavy (non-hydrogen) atoms. The van der Waals surface area contributed by atoms with Crippen LogP contribution >= 0.6 is 0 Å². The molecule has 0 spiro atoms. The molecule has 0 aromatic heterocycles. The Hall–Kier alpha value is -4.58. The number of hydrogen-bond donors (Lipinski definition) is 2. The third kappa shape index (κ3) is 6.00. The van der Waals surface area contributed by atoms with Gasteiger partial charge in [0.2, 0.25) is 0 Å². The summed E-state index contributed by atoms with van der Waals surface area (Å²) in [6, 6.07) is 35.6. The van der Waals surface area contributed by atoms with E-state index >= 15 is 0 Å². The summed E-state index contributed by atoms with van der Waals surface area (Å²) in [6.45, 7) is 3.08.